The lowest BCUT2D eigenvalue weighted by molar-refractivity contribution is 0.0732. The minimum Gasteiger partial charge on any atom is -0.385 e. The molecular formula is C16H34IN3OS. The van der Waals surface area contributed by atoms with Crippen molar-refractivity contribution in [3.05, 3.63) is 0 Å². The van der Waals surface area contributed by atoms with E-state index < -0.39 is 0 Å². The monoisotopic (exact) mass is 443 g/mol. The van der Waals surface area contributed by atoms with Gasteiger partial charge in [0.25, 0.3) is 0 Å². The Morgan fingerprint density at radius 1 is 1.32 bits per heavy atom. The maximum Gasteiger partial charge on any atom is 0.191 e. The van der Waals surface area contributed by atoms with Gasteiger partial charge in [-0.15, -0.1) is 24.0 Å². The second kappa shape index (κ2) is 11.0. The van der Waals surface area contributed by atoms with Gasteiger partial charge in [0.15, 0.2) is 5.96 Å². The van der Waals surface area contributed by atoms with Crippen LogP contribution >= 0.6 is 35.7 Å². The second-order valence-corrected chi connectivity index (χ2v) is 8.12. The first-order chi connectivity index (χ1) is 9.97. The molecule has 1 fully saturated rings. The summed E-state index contributed by atoms with van der Waals surface area (Å²) in [4.78, 5) is 4.74. The highest BCUT2D eigenvalue weighted by molar-refractivity contribution is 14.0. The largest absolute Gasteiger partial charge is 0.385 e. The number of nitrogens with one attached hydrogen (secondary N) is 2. The molecule has 1 rings (SSSR count). The third kappa shape index (κ3) is 7.73. The molecular weight excluding hydrogens is 409 g/mol. The third-order valence-electron chi connectivity index (χ3n) is 4.40. The molecule has 0 aliphatic heterocycles. The van der Waals surface area contributed by atoms with Gasteiger partial charge in [0.1, 0.15) is 0 Å². The van der Waals surface area contributed by atoms with Crippen molar-refractivity contribution in [1.29, 1.82) is 0 Å². The Balaban J connectivity index is 0.00000441. The van der Waals surface area contributed by atoms with Gasteiger partial charge < -0.3 is 15.4 Å². The van der Waals surface area contributed by atoms with Crippen LogP contribution in [-0.2, 0) is 4.74 Å². The molecule has 0 saturated heterocycles. The third-order valence-corrected chi connectivity index (χ3v) is 5.63. The number of thioether (sulfide) groups is 1. The Morgan fingerprint density at radius 3 is 2.45 bits per heavy atom. The number of halogens is 1. The van der Waals surface area contributed by atoms with E-state index in [1.165, 1.54) is 19.3 Å². The number of nitrogens with zero attached hydrogens (tertiary/aromatic N) is 1. The van der Waals surface area contributed by atoms with Crippen molar-refractivity contribution in [2.75, 3.05) is 39.6 Å². The molecule has 4 nitrogen and oxygen atoms in total. The number of hydrogen-bond donors (Lipinski definition) is 2. The number of aliphatic imine (C=N–C) groups is 1. The minimum atomic E-state index is 0. The van der Waals surface area contributed by atoms with Crippen LogP contribution < -0.4 is 10.6 Å². The Kier molecular flexibility index (Phi) is 11.1. The molecule has 0 amide bonds. The molecule has 6 heteroatoms. The molecule has 0 radical (unpaired) electrons. The van der Waals surface area contributed by atoms with E-state index in [9.17, 15) is 0 Å². The molecule has 0 aromatic rings. The number of guanidine groups is 1. The lowest BCUT2D eigenvalue weighted by Crippen LogP contribution is -2.47. The summed E-state index contributed by atoms with van der Waals surface area (Å²) in [5.41, 5.74) is 0.418. The Labute approximate surface area is 158 Å². The van der Waals surface area contributed by atoms with Gasteiger partial charge in [-0.3, -0.25) is 4.99 Å². The fourth-order valence-corrected chi connectivity index (χ4v) is 2.65. The fourth-order valence-electron chi connectivity index (χ4n) is 2.46. The SMILES string of the molecule is CCNC(=NCC(C)(C)SC)NCC1(CCOC)CCC1.I. The predicted molar refractivity (Wildman–Crippen MR) is 110 cm³/mol. The minimum absolute atomic E-state index is 0. The molecule has 0 spiro atoms. The zero-order valence-corrected chi connectivity index (χ0v) is 18.0. The van der Waals surface area contributed by atoms with Gasteiger partial charge in [0.2, 0.25) is 0 Å². The van der Waals surface area contributed by atoms with Gasteiger partial charge in [-0.25, -0.2) is 0 Å². The summed E-state index contributed by atoms with van der Waals surface area (Å²) in [5, 5.41) is 6.90. The molecule has 0 atom stereocenters. The van der Waals surface area contributed by atoms with Crippen molar-refractivity contribution in [2.45, 2.75) is 51.2 Å². The van der Waals surface area contributed by atoms with Crippen LogP contribution in [0, 0.1) is 5.41 Å². The Bertz CT molecular complexity index is 333. The quantitative estimate of drug-likeness (QED) is 0.325. The maximum atomic E-state index is 5.26. The van der Waals surface area contributed by atoms with Gasteiger partial charge in [0, 0.05) is 31.6 Å². The van der Waals surface area contributed by atoms with E-state index >= 15 is 0 Å². The first-order valence-electron chi connectivity index (χ1n) is 8.03. The van der Waals surface area contributed by atoms with E-state index in [4.69, 9.17) is 9.73 Å². The van der Waals surface area contributed by atoms with E-state index in [1.54, 1.807) is 7.11 Å². The van der Waals surface area contributed by atoms with Gasteiger partial charge in [-0.1, -0.05) is 6.42 Å². The lowest BCUT2D eigenvalue weighted by atomic mass is 9.67. The van der Waals surface area contributed by atoms with Crippen LogP contribution in [0.3, 0.4) is 0 Å². The van der Waals surface area contributed by atoms with Crippen LogP contribution in [0.4, 0.5) is 0 Å². The summed E-state index contributed by atoms with van der Waals surface area (Å²) in [6, 6.07) is 0. The molecule has 0 heterocycles. The summed E-state index contributed by atoms with van der Waals surface area (Å²) in [6.45, 7) is 10.2. The van der Waals surface area contributed by atoms with E-state index in [0.717, 1.165) is 38.6 Å². The molecule has 1 aliphatic carbocycles. The molecule has 0 aromatic heterocycles. The summed E-state index contributed by atoms with van der Waals surface area (Å²) >= 11 is 1.86. The van der Waals surface area contributed by atoms with Crippen LogP contribution in [0.2, 0.25) is 0 Å². The summed E-state index contributed by atoms with van der Waals surface area (Å²) in [6.07, 6.45) is 7.24. The highest BCUT2D eigenvalue weighted by atomic mass is 127. The maximum absolute atomic E-state index is 5.26. The van der Waals surface area contributed by atoms with Crippen LogP contribution in [0.15, 0.2) is 4.99 Å². The van der Waals surface area contributed by atoms with Crippen molar-refractivity contribution in [3.8, 4) is 0 Å². The van der Waals surface area contributed by atoms with Crippen molar-refractivity contribution in [2.24, 2.45) is 10.4 Å². The van der Waals surface area contributed by atoms with Gasteiger partial charge in [0.05, 0.1) is 6.54 Å². The van der Waals surface area contributed by atoms with E-state index in [-0.39, 0.29) is 28.7 Å². The normalized spacial score (nSPS) is 17.4. The summed E-state index contributed by atoms with van der Waals surface area (Å²) < 4.78 is 5.44. The topological polar surface area (TPSA) is 45.7 Å². The highest BCUT2D eigenvalue weighted by Crippen LogP contribution is 2.43. The average Bonchev–Trinajstić information content (AvgIpc) is 2.43. The van der Waals surface area contributed by atoms with E-state index in [2.05, 4.69) is 37.7 Å². The molecule has 1 aliphatic rings. The van der Waals surface area contributed by atoms with Crippen LogP contribution in [-0.4, -0.2) is 50.3 Å². The van der Waals surface area contributed by atoms with Crippen molar-refractivity contribution >= 4 is 41.7 Å². The smallest absolute Gasteiger partial charge is 0.191 e. The van der Waals surface area contributed by atoms with Gasteiger partial charge in [-0.05, 0) is 51.7 Å². The predicted octanol–water partition coefficient (Wildman–Crippen LogP) is 3.51. The first kappa shape index (κ1) is 22.3. The standard InChI is InChI=1S/C16H33N3OS.HI/c1-6-17-14(18-12-15(2,3)21-5)19-13-16(8-7-9-16)10-11-20-4;/h6-13H2,1-5H3,(H2,17,18,19);1H. The fraction of sp³-hybridized carbons (Fsp3) is 0.938. The van der Waals surface area contributed by atoms with Gasteiger partial charge >= 0.3 is 0 Å². The molecule has 22 heavy (non-hydrogen) atoms. The first-order valence-corrected chi connectivity index (χ1v) is 9.26. The summed E-state index contributed by atoms with van der Waals surface area (Å²) in [5.74, 6) is 0.948. The lowest BCUT2D eigenvalue weighted by Gasteiger charge is -2.42. The zero-order valence-electron chi connectivity index (χ0n) is 14.8. The van der Waals surface area contributed by atoms with Gasteiger partial charge in [-0.2, -0.15) is 11.8 Å². The Morgan fingerprint density at radius 2 is 2.00 bits per heavy atom. The highest BCUT2D eigenvalue weighted by Gasteiger charge is 2.36. The van der Waals surface area contributed by atoms with Crippen molar-refractivity contribution in [1.82, 2.24) is 10.6 Å². The molecule has 0 unspecified atom stereocenters. The molecule has 2 N–H and O–H groups in total. The number of methoxy groups -OCH3 is 1. The average molecular weight is 443 g/mol. The number of ether oxygens (including phenoxy) is 1. The van der Waals surface area contributed by atoms with Crippen LogP contribution in [0.5, 0.6) is 0 Å². The molecule has 0 bridgehead atoms. The molecule has 132 valence electrons. The zero-order chi connectivity index (χ0) is 15.8. The molecule has 0 aromatic carbocycles. The van der Waals surface area contributed by atoms with Crippen molar-refractivity contribution < 1.29 is 4.74 Å². The van der Waals surface area contributed by atoms with Crippen molar-refractivity contribution in [3.63, 3.8) is 0 Å². The second-order valence-electron chi connectivity index (χ2n) is 6.61. The molecule has 1 saturated carbocycles. The Hall–Kier alpha value is 0.310. The van der Waals surface area contributed by atoms with E-state index in [0.29, 0.717) is 5.41 Å². The number of hydrogen-bond acceptors (Lipinski definition) is 3. The van der Waals surface area contributed by atoms with E-state index in [1.807, 2.05) is 11.8 Å². The van der Waals surface area contributed by atoms with Crippen LogP contribution in [0.25, 0.3) is 0 Å². The van der Waals surface area contributed by atoms with Crippen LogP contribution in [0.1, 0.15) is 46.5 Å². The summed E-state index contributed by atoms with van der Waals surface area (Å²) in [7, 11) is 1.79. The number of rotatable bonds is 9.